The van der Waals surface area contributed by atoms with Gasteiger partial charge in [-0.1, -0.05) is 25.9 Å². The van der Waals surface area contributed by atoms with Crippen LogP contribution >= 0.6 is 0 Å². The number of ketones is 1. The molecule has 54 heavy (non-hydrogen) atoms. The molecule has 0 spiro atoms. The third-order valence-corrected chi connectivity index (χ3v) is 10.7. The van der Waals surface area contributed by atoms with Crippen molar-refractivity contribution in [1.82, 2.24) is 15.3 Å². The summed E-state index contributed by atoms with van der Waals surface area (Å²) >= 11 is 0. The van der Waals surface area contributed by atoms with Crippen molar-refractivity contribution < 1.29 is 65.3 Å². The molecule has 296 valence electrons. The van der Waals surface area contributed by atoms with E-state index in [1.54, 1.807) is 0 Å². The molecule has 2 aliphatic carbocycles. The second-order valence-corrected chi connectivity index (χ2v) is 15.0. The fourth-order valence-electron chi connectivity index (χ4n) is 6.92. The molecule has 0 radical (unpaired) electrons. The Morgan fingerprint density at radius 1 is 1.15 bits per heavy atom. The van der Waals surface area contributed by atoms with Crippen molar-refractivity contribution in [3.05, 3.63) is 40.9 Å². The van der Waals surface area contributed by atoms with E-state index in [-0.39, 0.29) is 59.7 Å². The zero-order chi connectivity index (χ0) is 48.7. The zero-order valence-corrected chi connectivity index (χ0v) is 31.4. The highest BCUT2D eigenvalue weighted by molar-refractivity contribution is 7.85. The predicted molar refractivity (Wildman–Crippen MR) is 197 cm³/mol. The first kappa shape index (κ1) is 29.7. The first-order chi connectivity index (χ1) is 29.4. The van der Waals surface area contributed by atoms with Crippen LogP contribution in [0.2, 0.25) is 1.41 Å². The molecule has 2 bridgehead atoms. The van der Waals surface area contributed by atoms with Crippen LogP contribution in [-0.2, 0) is 51.6 Å². The summed E-state index contributed by atoms with van der Waals surface area (Å²) in [5.74, 6) is -6.61. The zero-order valence-electron chi connectivity index (χ0n) is 40.5. The van der Waals surface area contributed by atoms with Crippen LogP contribution < -0.4 is 15.9 Å². The van der Waals surface area contributed by atoms with E-state index in [4.69, 9.17) is 23.0 Å². The summed E-state index contributed by atoms with van der Waals surface area (Å²) in [6.07, 6.45) is -5.42. The Kier molecular flexibility index (Phi) is 9.71. The van der Waals surface area contributed by atoms with Gasteiger partial charge in [0.2, 0.25) is 17.7 Å². The molecule has 3 unspecified atom stereocenters. The summed E-state index contributed by atoms with van der Waals surface area (Å²) < 4.78 is 124. The maximum Gasteiger partial charge on any atom is 0.328 e. The van der Waals surface area contributed by atoms with Crippen molar-refractivity contribution in [3.63, 3.8) is 0 Å². The lowest BCUT2D eigenvalue weighted by molar-refractivity contribution is -0.147. The highest BCUT2D eigenvalue weighted by Crippen LogP contribution is 2.64. The maximum absolute atomic E-state index is 13.6. The molecule has 2 saturated carbocycles. The van der Waals surface area contributed by atoms with E-state index in [0.29, 0.717) is 30.8 Å². The molecule has 2 aromatic rings. The summed E-state index contributed by atoms with van der Waals surface area (Å²) in [6.45, 7) is 7.06. The van der Waals surface area contributed by atoms with Crippen LogP contribution in [0.4, 0.5) is 11.8 Å². The smallest absolute Gasteiger partial charge is 0.328 e. The van der Waals surface area contributed by atoms with Crippen LogP contribution in [0.1, 0.15) is 107 Å². The number of rotatable bonds is 14. The van der Waals surface area contributed by atoms with Crippen molar-refractivity contribution in [1.29, 1.82) is 0 Å². The van der Waals surface area contributed by atoms with Gasteiger partial charge in [0, 0.05) is 37.3 Å². The van der Waals surface area contributed by atoms with E-state index in [1.807, 2.05) is 13.8 Å². The number of aromatic hydroxyl groups is 1. The number of hydrogen-bond acceptors (Lipinski definition) is 13. The van der Waals surface area contributed by atoms with Gasteiger partial charge in [0.25, 0.3) is 16.0 Å². The Morgan fingerprint density at radius 3 is 2.41 bits per heavy atom. The minimum Gasteiger partial charge on any atom is -0.493 e. The SMILES string of the molecule is CC1(C)C2CCC1(CS(=O)(=O)O)C(=O)C2.[2H]c1c([2H])c(C(=O)N([2H])[C@]([2H])(C(=O)OCC)C([2H])([2H])C([2H])([2H])C(=O)OCC)c([2H])c([2H])c1CCC1CNc2nc(NC(C)=O)nc(O)c2C1. The molecule has 5 rings (SSSR count). The number of aromatic nitrogens is 2. The summed E-state index contributed by atoms with van der Waals surface area (Å²) in [5.41, 5.74) is -2.01. The van der Waals surface area contributed by atoms with Crippen LogP contribution in [0.25, 0.3) is 0 Å². The van der Waals surface area contributed by atoms with E-state index < -0.39 is 112 Å². The topological polar surface area (TPSA) is 240 Å². The maximum atomic E-state index is 13.6. The molecular weight excluding hydrogens is 722 g/mol. The summed E-state index contributed by atoms with van der Waals surface area (Å²) in [4.78, 5) is 70.1. The number of nitrogens with one attached hydrogen (secondary N) is 3. The van der Waals surface area contributed by atoms with E-state index >= 15 is 0 Å². The Bertz CT molecular complexity index is 2310. The number of benzene rings is 1. The average molecular weight is 784 g/mol. The molecule has 1 aliphatic heterocycles. The number of nitrogens with zero attached hydrogens (tertiary/aromatic N) is 2. The van der Waals surface area contributed by atoms with Gasteiger partial charge in [0.05, 0.1) is 36.8 Å². The Morgan fingerprint density at radius 2 is 1.83 bits per heavy atom. The number of ether oxygens (including phenoxy) is 2. The molecular formula is C37H51N5O11S. The van der Waals surface area contributed by atoms with Crippen molar-refractivity contribution in [2.45, 2.75) is 91.9 Å². The molecule has 1 aromatic heterocycles. The highest BCUT2D eigenvalue weighted by atomic mass is 32.2. The van der Waals surface area contributed by atoms with E-state index in [0.717, 1.165) is 6.42 Å². The summed E-state index contributed by atoms with van der Waals surface area (Å²) in [6, 6.07) is -7.33. The Hall–Kier alpha value is -4.64. The standard InChI is InChI=1S/C27H35N5O7.C10H16O4S/c1-4-38-22(34)13-12-21(26(37)39-5-2)30-24(35)19-10-8-17(9-11-19)6-7-18-14-20-23(28-15-18)31-27(29-16(3)33)32-25(20)36;1-9(2)7-3-4-10(9,8(11)5-7)6-15(12,13)14/h8-11,18,21H,4-7,12-15H2,1-3H3,(H,30,35)(H3,28,29,31,32,33,36);7H,3-6H2,1-2H3,(H,12,13,14)/t18?,21-;/m0./s1/i8D,9D,10D,11D,12D2,13D2,21D;/hD. The molecule has 3 aliphatic rings. The predicted octanol–water partition coefficient (Wildman–Crippen LogP) is 3.63. The van der Waals surface area contributed by atoms with Gasteiger partial charge in [-0.25, -0.2) is 4.79 Å². The minimum absolute atomic E-state index is 0.0152. The van der Waals surface area contributed by atoms with Crippen molar-refractivity contribution in [3.8, 4) is 5.88 Å². The van der Waals surface area contributed by atoms with E-state index in [9.17, 15) is 37.5 Å². The van der Waals surface area contributed by atoms with E-state index in [1.165, 1.54) is 20.8 Å². The average Bonchev–Trinajstić information content (AvgIpc) is 3.53. The number of amides is 2. The quantitative estimate of drug-likeness (QED) is 0.136. The third-order valence-electron chi connectivity index (χ3n) is 9.83. The number of fused-ring (bicyclic) bond motifs is 3. The molecule has 17 heteroatoms. The fourth-order valence-corrected chi connectivity index (χ4v) is 8.22. The Labute approximate surface area is 329 Å². The highest BCUT2D eigenvalue weighted by Gasteiger charge is 2.65. The lowest BCUT2D eigenvalue weighted by Crippen LogP contribution is -2.42. The number of carbonyl (C=O) groups excluding carboxylic acids is 5. The van der Waals surface area contributed by atoms with Gasteiger partial charge in [-0.3, -0.25) is 29.0 Å². The second-order valence-electron chi connectivity index (χ2n) is 13.6. The number of carbonyl (C=O) groups is 5. The first-order valence-corrected chi connectivity index (χ1v) is 18.9. The summed E-state index contributed by atoms with van der Waals surface area (Å²) in [7, 11) is -4.08. The van der Waals surface area contributed by atoms with Gasteiger partial charge < -0.3 is 25.2 Å². The first-order valence-electron chi connectivity index (χ1n) is 22.2. The van der Waals surface area contributed by atoms with Gasteiger partial charge in [-0.15, -0.1) is 0 Å². The van der Waals surface area contributed by atoms with Crippen LogP contribution in [0.5, 0.6) is 5.88 Å². The largest absolute Gasteiger partial charge is 0.493 e. The monoisotopic (exact) mass is 783 g/mol. The molecule has 2 amide bonds. The van der Waals surface area contributed by atoms with Crippen LogP contribution in [0, 0.1) is 22.7 Å². The molecule has 4 atom stereocenters. The molecule has 5 N–H and O–H groups in total. The molecule has 0 saturated heterocycles. The fraction of sp³-hybridized carbons (Fsp3) is 0.595. The van der Waals surface area contributed by atoms with Crippen LogP contribution in [-0.4, -0.2) is 89.1 Å². The number of hydrogen-bond donors (Lipinski definition) is 5. The van der Waals surface area contributed by atoms with Crippen molar-refractivity contribution in [2.24, 2.45) is 22.7 Å². The second kappa shape index (κ2) is 17.7. The molecule has 2 fully saturated rings. The molecule has 1 aromatic carbocycles. The minimum atomic E-state index is -4.08. The normalized spacial score (nSPS) is 25.2. The van der Waals surface area contributed by atoms with Crippen LogP contribution in [0.15, 0.2) is 24.2 Å². The summed E-state index contributed by atoms with van der Waals surface area (Å²) in [5, 5.41) is 15.1. The van der Waals surface area contributed by atoms with Gasteiger partial charge in [-0.05, 0) is 87.2 Å². The van der Waals surface area contributed by atoms with Crippen molar-refractivity contribution >= 4 is 51.4 Å². The number of anilines is 2. The molecule has 2 heterocycles. The van der Waals surface area contributed by atoms with Crippen molar-refractivity contribution in [2.75, 3.05) is 36.1 Å². The molecule has 16 nitrogen and oxygen atoms in total. The lowest BCUT2D eigenvalue weighted by Gasteiger charge is -2.35. The van der Waals surface area contributed by atoms with Gasteiger partial charge in [-0.2, -0.15) is 18.4 Å². The Balaban J connectivity index is 0.000000499. The van der Waals surface area contributed by atoms with Gasteiger partial charge in [0.1, 0.15) is 17.6 Å². The number of Topliss-reactive ketones (excluding diaryl/α,β-unsaturated/α-hetero) is 1. The van der Waals surface area contributed by atoms with Gasteiger partial charge in [0.15, 0.2) is 1.41 Å². The third kappa shape index (κ3) is 10.3. The number of esters is 2. The van der Waals surface area contributed by atoms with E-state index in [2.05, 4.69) is 25.3 Å². The van der Waals surface area contributed by atoms with Crippen LogP contribution in [0.3, 0.4) is 0 Å². The lowest BCUT2D eigenvalue weighted by atomic mass is 9.70. The van der Waals surface area contributed by atoms with Gasteiger partial charge >= 0.3 is 11.9 Å².